The normalized spacial score (nSPS) is 19.0. The number of fused-ring (bicyclic) bond motifs is 1. The van der Waals surface area contributed by atoms with Crippen molar-refractivity contribution in [2.24, 2.45) is 13.0 Å². The monoisotopic (exact) mass is 441 g/mol. The van der Waals surface area contributed by atoms with E-state index >= 15 is 0 Å². The zero-order valence-corrected chi connectivity index (χ0v) is 18.2. The molecule has 2 aromatic heterocycles. The van der Waals surface area contributed by atoms with Crippen LogP contribution in [-0.2, 0) is 7.05 Å². The van der Waals surface area contributed by atoms with Gasteiger partial charge in [0.15, 0.2) is 0 Å². The van der Waals surface area contributed by atoms with E-state index in [9.17, 15) is 10.1 Å². The largest absolute Gasteiger partial charge is 0.382 e. The Labute approximate surface area is 184 Å². The summed E-state index contributed by atoms with van der Waals surface area (Å²) in [5, 5.41) is 14.4. The van der Waals surface area contributed by atoms with Gasteiger partial charge in [-0.3, -0.25) is 4.79 Å². The number of aromatic nitrogens is 2. The summed E-state index contributed by atoms with van der Waals surface area (Å²) in [4.78, 5) is 19.4. The van der Waals surface area contributed by atoms with Gasteiger partial charge in [0.05, 0.1) is 11.2 Å². The first-order valence-corrected chi connectivity index (χ1v) is 10.5. The molecule has 1 fully saturated rings. The second-order valence-corrected chi connectivity index (χ2v) is 8.49. The number of nitrogens with one attached hydrogen (secondary N) is 1. The zero-order chi connectivity index (χ0) is 21.4. The minimum absolute atomic E-state index is 0.107. The Hall–Kier alpha value is -2.75. The van der Waals surface area contributed by atoms with Crippen molar-refractivity contribution in [1.29, 1.82) is 5.26 Å². The molecule has 2 atom stereocenters. The number of pyridine rings is 2. The van der Waals surface area contributed by atoms with E-state index in [1.807, 2.05) is 24.3 Å². The van der Waals surface area contributed by atoms with Crippen LogP contribution in [0.2, 0.25) is 10.2 Å². The molecule has 154 valence electrons. The number of anilines is 2. The van der Waals surface area contributed by atoms with Gasteiger partial charge in [-0.2, -0.15) is 5.26 Å². The van der Waals surface area contributed by atoms with Gasteiger partial charge >= 0.3 is 0 Å². The minimum atomic E-state index is -0.321. The molecule has 1 aliphatic rings. The van der Waals surface area contributed by atoms with Crippen LogP contribution in [0.1, 0.15) is 18.9 Å². The quantitative estimate of drug-likeness (QED) is 0.608. The van der Waals surface area contributed by atoms with Crippen LogP contribution in [0.4, 0.5) is 11.4 Å². The second kappa shape index (κ2) is 8.17. The van der Waals surface area contributed by atoms with E-state index in [1.165, 1.54) is 4.57 Å². The summed E-state index contributed by atoms with van der Waals surface area (Å²) in [6.45, 7) is 3.55. The summed E-state index contributed by atoms with van der Waals surface area (Å²) in [5.41, 5.74) is 2.63. The van der Waals surface area contributed by atoms with Crippen molar-refractivity contribution in [3.8, 4) is 6.07 Å². The molecule has 1 aliphatic heterocycles. The van der Waals surface area contributed by atoms with Crippen molar-refractivity contribution in [2.45, 2.75) is 19.4 Å². The molecule has 1 saturated heterocycles. The molecule has 1 N–H and O–H groups in total. The highest BCUT2D eigenvalue weighted by Crippen LogP contribution is 2.32. The maximum absolute atomic E-state index is 12.8. The molecule has 0 amide bonds. The zero-order valence-electron chi connectivity index (χ0n) is 16.7. The summed E-state index contributed by atoms with van der Waals surface area (Å²) < 4.78 is 1.46. The average molecular weight is 442 g/mol. The third-order valence-corrected chi connectivity index (χ3v) is 6.17. The molecule has 0 saturated carbocycles. The Kier molecular flexibility index (Phi) is 5.59. The standard InChI is InChI=1S/C22H21Cl2N5O/c1-13-12-29(10-9-17(13)26-15-5-3-14(23)4-6-15)21-16(11-25)22(30)28(2)18-7-8-19(24)27-20(18)21/h3-8,13,17,26H,9-10,12H2,1-2H3/t13-,17+/m0/s1. The van der Waals surface area contributed by atoms with Gasteiger partial charge in [-0.15, -0.1) is 0 Å². The van der Waals surface area contributed by atoms with Crippen LogP contribution in [0.15, 0.2) is 41.2 Å². The van der Waals surface area contributed by atoms with Gasteiger partial charge in [0.1, 0.15) is 22.3 Å². The van der Waals surface area contributed by atoms with Gasteiger partial charge in [0, 0.05) is 36.9 Å². The van der Waals surface area contributed by atoms with Gasteiger partial charge < -0.3 is 14.8 Å². The van der Waals surface area contributed by atoms with E-state index < -0.39 is 0 Å². The number of aryl methyl sites for hydroxylation is 1. The first-order chi connectivity index (χ1) is 14.4. The number of nitrogens with zero attached hydrogens (tertiary/aromatic N) is 4. The molecule has 4 rings (SSSR count). The van der Waals surface area contributed by atoms with Crippen molar-refractivity contribution in [3.05, 3.63) is 62.5 Å². The molecule has 30 heavy (non-hydrogen) atoms. The van der Waals surface area contributed by atoms with E-state index in [0.29, 0.717) is 40.0 Å². The predicted molar refractivity (Wildman–Crippen MR) is 122 cm³/mol. The molecule has 1 aromatic carbocycles. The van der Waals surface area contributed by atoms with Crippen LogP contribution in [0.25, 0.3) is 11.0 Å². The Bertz CT molecular complexity index is 1200. The number of benzene rings is 1. The van der Waals surface area contributed by atoms with Crippen molar-refractivity contribution in [1.82, 2.24) is 9.55 Å². The predicted octanol–water partition coefficient (Wildman–Crippen LogP) is 4.44. The number of rotatable bonds is 3. The Morgan fingerprint density at radius 1 is 1.20 bits per heavy atom. The summed E-state index contributed by atoms with van der Waals surface area (Å²) in [7, 11) is 1.65. The molecule has 0 spiro atoms. The van der Waals surface area contributed by atoms with Gasteiger partial charge in [-0.1, -0.05) is 30.1 Å². The molecule has 0 unspecified atom stereocenters. The third kappa shape index (κ3) is 3.71. The van der Waals surface area contributed by atoms with Crippen LogP contribution in [-0.4, -0.2) is 28.7 Å². The topological polar surface area (TPSA) is 74.0 Å². The molecule has 0 bridgehead atoms. The maximum atomic E-state index is 12.8. The second-order valence-electron chi connectivity index (χ2n) is 7.67. The van der Waals surface area contributed by atoms with Gasteiger partial charge in [0.2, 0.25) is 0 Å². The van der Waals surface area contributed by atoms with E-state index in [0.717, 1.165) is 12.1 Å². The van der Waals surface area contributed by atoms with E-state index in [2.05, 4.69) is 28.2 Å². The van der Waals surface area contributed by atoms with Crippen LogP contribution < -0.4 is 15.8 Å². The fourth-order valence-electron chi connectivity index (χ4n) is 4.10. The fourth-order valence-corrected chi connectivity index (χ4v) is 4.38. The number of hydrogen-bond donors (Lipinski definition) is 1. The first kappa shape index (κ1) is 20.5. The number of piperidine rings is 1. The average Bonchev–Trinajstić information content (AvgIpc) is 2.73. The van der Waals surface area contributed by atoms with Crippen molar-refractivity contribution in [3.63, 3.8) is 0 Å². The number of nitriles is 1. The van der Waals surface area contributed by atoms with Crippen molar-refractivity contribution in [2.75, 3.05) is 23.3 Å². The van der Waals surface area contributed by atoms with Crippen molar-refractivity contribution < 1.29 is 0 Å². The van der Waals surface area contributed by atoms with Gasteiger partial charge in [-0.05, 0) is 48.7 Å². The van der Waals surface area contributed by atoms with E-state index in [4.69, 9.17) is 23.2 Å². The van der Waals surface area contributed by atoms with Crippen LogP contribution >= 0.6 is 23.2 Å². The third-order valence-electron chi connectivity index (χ3n) is 5.71. The molecule has 0 radical (unpaired) electrons. The van der Waals surface area contributed by atoms with E-state index in [-0.39, 0.29) is 23.1 Å². The first-order valence-electron chi connectivity index (χ1n) is 9.75. The molecule has 0 aliphatic carbocycles. The SMILES string of the molecule is C[C@H]1CN(c2c(C#N)c(=O)n(C)c3ccc(Cl)nc23)CC[C@H]1Nc1ccc(Cl)cc1. The molecule has 8 heteroatoms. The molecular weight excluding hydrogens is 421 g/mol. The lowest BCUT2D eigenvalue weighted by Gasteiger charge is -2.39. The molecule has 3 heterocycles. The lowest BCUT2D eigenvalue weighted by molar-refractivity contribution is 0.404. The van der Waals surface area contributed by atoms with Crippen LogP contribution in [0.5, 0.6) is 0 Å². The van der Waals surface area contributed by atoms with Crippen LogP contribution in [0.3, 0.4) is 0 Å². The summed E-state index contributed by atoms with van der Waals surface area (Å²) in [6, 6.07) is 13.5. The highest BCUT2D eigenvalue weighted by atomic mass is 35.5. The number of halogens is 2. The maximum Gasteiger partial charge on any atom is 0.270 e. The summed E-state index contributed by atoms with van der Waals surface area (Å²) in [6.07, 6.45) is 0.853. The van der Waals surface area contributed by atoms with Gasteiger partial charge in [-0.25, -0.2) is 4.98 Å². The van der Waals surface area contributed by atoms with E-state index in [1.54, 1.807) is 19.2 Å². The number of hydrogen-bond acceptors (Lipinski definition) is 5. The van der Waals surface area contributed by atoms with Crippen LogP contribution in [0, 0.1) is 17.2 Å². The molecular formula is C22H21Cl2N5O. The lowest BCUT2D eigenvalue weighted by atomic mass is 9.92. The highest BCUT2D eigenvalue weighted by molar-refractivity contribution is 6.30. The smallest absolute Gasteiger partial charge is 0.270 e. The minimum Gasteiger partial charge on any atom is -0.382 e. The Morgan fingerprint density at radius 3 is 2.60 bits per heavy atom. The Balaban J connectivity index is 1.68. The van der Waals surface area contributed by atoms with Crippen molar-refractivity contribution >= 4 is 45.6 Å². The summed E-state index contributed by atoms with van der Waals surface area (Å²) in [5.74, 6) is 0.277. The molecule has 6 nitrogen and oxygen atoms in total. The lowest BCUT2D eigenvalue weighted by Crippen LogP contribution is -2.46. The van der Waals surface area contributed by atoms with Gasteiger partial charge in [0.25, 0.3) is 5.56 Å². The summed E-state index contributed by atoms with van der Waals surface area (Å²) >= 11 is 12.1. The highest BCUT2D eigenvalue weighted by Gasteiger charge is 2.30. The fraction of sp³-hybridized carbons (Fsp3) is 0.318. The Morgan fingerprint density at radius 2 is 1.93 bits per heavy atom. The molecule has 3 aromatic rings.